The maximum Gasteiger partial charge on any atom is 0.273 e. The Morgan fingerprint density at radius 3 is 2.59 bits per heavy atom. The quantitative estimate of drug-likeness (QED) is 0.642. The second kappa shape index (κ2) is 5.44. The van der Waals surface area contributed by atoms with Crippen molar-refractivity contribution in [1.82, 2.24) is 0 Å². The Morgan fingerprint density at radius 2 is 2.06 bits per heavy atom. The van der Waals surface area contributed by atoms with Gasteiger partial charge < -0.3 is 5.73 Å². The molecular weight excluding hydrogens is 268 g/mol. The van der Waals surface area contributed by atoms with E-state index in [-0.39, 0.29) is 28.6 Å². The van der Waals surface area contributed by atoms with Gasteiger partial charge in [0, 0.05) is 23.2 Å². The molecule has 0 aliphatic heterocycles. The lowest BCUT2D eigenvalue weighted by Gasteiger charge is -2.04. The summed E-state index contributed by atoms with van der Waals surface area (Å²) in [6, 6.07) is 3.82. The Hall–Kier alpha value is -1.18. The van der Waals surface area contributed by atoms with Crippen molar-refractivity contribution in [3.8, 4) is 0 Å². The molecule has 94 valence electrons. The molecule has 2 N–H and O–H groups in total. The van der Waals surface area contributed by atoms with Crippen LogP contribution in [-0.2, 0) is 15.6 Å². The van der Waals surface area contributed by atoms with Gasteiger partial charge in [-0.15, -0.1) is 0 Å². The predicted molar refractivity (Wildman–Crippen MR) is 64.7 cm³/mol. The Labute approximate surface area is 103 Å². The van der Waals surface area contributed by atoms with Crippen molar-refractivity contribution >= 4 is 27.1 Å². The van der Waals surface area contributed by atoms with Crippen molar-refractivity contribution < 1.29 is 13.3 Å². The van der Waals surface area contributed by atoms with Crippen LogP contribution in [0, 0.1) is 10.1 Å². The Balaban J connectivity index is 3.13. The maximum atomic E-state index is 11.5. The van der Waals surface area contributed by atoms with Gasteiger partial charge in [0.05, 0.1) is 16.4 Å². The fourth-order valence-corrected chi connectivity index (χ4v) is 2.74. The van der Waals surface area contributed by atoms with Crippen LogP contribution >= 0.6 is 11.6 Å². The summed E-state index contributed by atoms with van der Waals surface area (Å²) in [5, 5.41) is 11.0. The first kappa shape index (κ1) is 13.9. The fraction of sp³-hybridized carbons (Fsp3) is 0.333. The molecule has 0 fully saturated rings. The summed E-state index contributed by atoms with van der Waals surface area (Å²) >= 11 is 5.69. The molecule has 0 bridgehead atoms. The molecule has 0 saturated heterocycles. The van der Waals surface area contributed by atoms with Crippen LogP contribution in [0.4, 0.5) is 5.69 Å². The van der Waals surface area contributed by atoms with Gasteiger partial charge in [-0.1, -0.05) is 11.6 Å². The van der Waals surface area contributed by atoms with Crippen LogP contribution in [0.25, 0.3) is 0 Å². The number of benzene rings is 1. The van der Waals surface area contributed by atoms with Crippen molar-refractivity contribution in [3.05, 3.63) is 38.9 Å². The summed E-state index contributed by atoms with van der Waals surface area (Å²) < 4.78 is 23.1. The number of sulfone groups is 1. The zero-order valence-electron chi connectivity index (χ0n) is 8.80. The first-order valence-corrected chi connectivity index (χ1v) is 6.89. The second-order valence-electron chi connectivity index (χ2n) is 3.41. The summed E-state index contributed by atoms with van der Waals surface area (Å²) in [5.41, 5.74) is 4.98. The molecule has 0 unspecified atom stereocenters. The SMILES string of the molecule is NCCS(=O)(=O)Cc1cc(Cl)ccc1[N+](=O)[O-]. The summed E-state index contributed by atoms with van der Waals surface area (Å²) in [5.74, 6) is -0.641. The van der Waals surface area contributed by atoms with Gasteiger partial charge in [0.1, 0.15) is 0 Å². The summed E-state index contributed by atoms with van der Waals surface area (Å²) in [6.45, 7) is -0.0172. The molecule has 0 spiro atoms. The molecule has 0 radical (unpaired) electrons. The smallest absolute Gasteiger partial charge is 0.273 e. The van der Waals surface area contributed by atoms with Crippen LogP contribution in [0.1, 0.15) is 5.56 Å². The molecule has 0 heterocycles. The van der Waals surface area contributed by atoms with E-state index < -0.39 is 20.5 Å². The van der Waals surface area contributed by atoms with Gasteiger partial charge in [-0.2, -0.15) is 0 Å². The lowest BCUT2D eigenvalue weighted by atomic mass is 10.2. The third-order valence-corrected chi connectivity index (χ3v) is 3.89. The van der Waals surface area contributed by atoms with Crippen molar-refractivity contribution in [1.29, 1.82) is 0 Å². The average molecular weight is 279 g/mol. The standard InChI is InChI=1S/C9H11ClN2O4S/c10-8-1-2-9(12(13)14)7(5-8)6-17(15,16)4-3-11/h1-2,5H,3-4,6,11H2. The lowest BCUT2D eigenvalue weighted by molar-refractivity contribution is -0.385. The number of hydrogen-bond donors (Lipinski definition) is 1. The summed E-state index contributed by atoms with van der Waals surface area (Å²) in [7, 11) is -3.45. The number of nitro groups is 1. The molecule has 1 rings (SSSR count). The number of hydrogen-bond acceptors (Lipinski definition) is 5. The molecule has 0 aliphatic rings. The molecule has 0 aromatic heterocycles. The van der Waals surface area contributed by atoms with E-state index in [9.17, 15) is 18.5 Å². The molecule has 0 aliphatic carbocycles. The van der Waals surface area contributed by atoms with E-state index in [1.165, 1.54) is 18.2 Å². The van der Waals surface area contributed by atoms with E-state index in [2.05, 4.69) is 0 Å². The van der Waals surface area contributed by atoms with Crippen LogP contribution in [-0.4, -0.2) is 25.6 Å². The highest BCUT2D eigenvalue weighted by Gasteiger charge is 2.20. The highest BCUT2D eigenvalue weighted by molar-refractivity contribution is 7.90. The minimum absolute atomic E-state index is 0.0172. The molecule has 8 heteroatoms. The van der Waals surface area contributed by atoms with Crippen molar-refractivity contribution in [2.75, 3.05) is 12.3 Å². The first-order valence-electron chi connectivity index (χ1n) is 4.69. The van der Waals surface area contributed by atoms with Gasteiger partial charge in [-0.3, -0.25) is 10.1 Å². The highest BCUT2D eigenvalue weighted by Crippen LogP contribution is 2.24. The van der Waals surface area contributed by atoms with E-state index in [1.54, 1.807) is 0 Å². The third kappa shape index (κ3) is 3.95. The van der Waals surface area contributed by atoms with E-state index in [0.29, 0.717) is 0 Å². The van der Waals surface area contributed by atoms with Crippen LogP contribution < -0.4 is 5.73 Å². The number of halogens is 1. The fourth-order valence-electron chi connectivity index (χ4n) is 1.34. The minimum Gasteiger partial charge on any atom is -0.329 e. The van der Waals surface area contributed by atoms with E-state index in [4.69, 9.17) is 17.3 Å². The number of rotatable bonds is 5. The molecule has 1 aromatic rings. The summed E-state index contributed by atoms with van der Waals surface area (Å²) in [4.78, 5) is 10.1. The molecule has 0 amide bonds. The van der Waals surface area contributed by atoms with Crippen LogP contribution in [0.2, 0.25) is 5.02 Å². The maximum absolute atomic E-state index is 11.5. The molecule has 17 heavy (non-hydrogen) atoms. The molecule has 0 atom stereocenters. The zero-order valence-corrected chi connectivity index (χ0v) is 10.4. The van der Waals surface area contributed by atoms with Gasteiger partial charge in [0.2, 0.25) is 0 Å². The van der Waals surface area contributed by atoms with Crippen molar-refractivity contribution in [3.63, 3.8) is 0 Å². The number of nitrogens with two attached hydrogens (primary N) is 1. The normalized spacial score (nSPS) is 11.4. The van der Waals surface area contributed by atoms with Gasteiger partial charge in [0.25, 0.3) is 5.69 Å². The monoisotopic (exact) mass is 278 g/mol. The summed E-state index contributed by atoms with van der Waals surface area (Å²) in [6.07, 6.45) is 0. The van der Waals surface area contributed by atoms with Gasteiger partial charge in [-0.05, 0) is 12.1 Å². The molecule has 0 saturated carbocycles. The van der Waals surface area contributed by atoms with Gasteiger partial charge in [-0.25, -0.2) is 8.42 Å². The van der Waals surface area contributed by atoms with Crippen LogP contribution in [0.5, 0.6) is 0 Å². The average Bonchev–Trinajstić information content (AvgIpc) is 2.15. The topological polar surface area (TPSA) is 103 Å². The highest BCUT2D eigenvalue weighted by atomic mass is 35.5. The van der Waals surface area contributed by atoms with Crippen LogP contribution in [0.15, 0.2) is 18.2 Å². The van der Waals surface area contributed by atoms with Crippen molar-refractivity contribution in [2.45, 2.75) is 5.75 Å². The predicted octanol–water partition coefficient (Wildman–Crippen LogP) is 1.12. The largest absolute Gasteiger partial charge is 0.329 e. The Bertz CT molecular complexity index is 530. The van der Waals surface area contributed by atoms with Crippen LogP contribution in [0.3, 0.4) is 0 Å². The van der Waals surface area contributed by atoms with Gasteiger partial charge in [0.15, 0.2) is 9.84 Å². The third-order valence-electron chi connectivity index (χ3n) is 2.04. The molecular formula is C9H11ClN2O4S. The Morgan fingerprint density at radius 1 is 1.41 bits per heavy atom. The Kier molecular flexibility index (Phi) is 4.44. The van der Waals surface area contributed by atoms with E-state index in [0.717, 1.165) is 0 Å². The van der Waals surface area contributed by atoms with E-state index >= 15 is 0 Å². The van der Waals surface area contributed by atoms with Gasteiger partial charge >= 0.3 is 0 Å². The number of nitro benzene ring substituents is 1. The molecule has 6 nitrogen and oxygen atoms in total. The number of nitrogens with zero attached hydrogens (tertiary/aromatic N) is 1. The first-order chi connectivity index (χ1) is 7.85. The zero-order chi connectivity index (χ0) is 13.1. The molecule has 1 aromatic carbocycles. The van der Waals surface area contributed by atoms with E-state index in [1.807, 2.05) is 0 Å². The van der Waals surface area contributed by atoms with Crippen molar-refractivity contribution in [2.24, 2.45) is 5.73 Å². The second-order valence-corrected chi connectivity index (χ2v) is 6.03. The lowest BCUT2D eigenvalue weighted by Crippen LogP contribution is -2.17. The minimum atomic E-state index is -3.45.